The Labute approximate surface area is 184 Å². The topological polar surface area (TPSA) is 70.1 Å². The minimum atomic E-state index is -1.06. The summed E-state index contributed by atoms with van der Waals surface area (Å²) in [6.45, 7) is 3.81. The third-order valence-corrected chi connectivity index (χ3v) is 5.83. The van der Waals surface area contributed by atoms with E-state index in [2.05, 4.69) is 4.90 Å². The van der Waals surface area contributed by atoms with Gasteiger partial charge in [0.25, 0.3) is 11.7 Å². The molecule has 2 aliphatic rings. The standard InChI is InChI=1S/C24H24F2N2O4/c25-17-8-6-16(7-9-17)22(29)20-21(18-4-1-2-5-19(18)26)28(24(31)23(20)30)11-3-10-27-12-14-32-15-13-27/h1-2,4-9,21,29H,3,10-15H2/b22-20+/t21-/m1/s1. The highest BCUT2D eigenvalue weighted by molar-refractivity contribution is 6.46. The third-order valence-electron chi connectivity index (χ3n) is 5.83. The van der Waals surface area contributed by atoms with E-state index in [-0.39, 0.29) is 23.2 Å². The zero-order valence-electron chi connectivity index (χ0n) is 17.5. The molecule has 32 heavy (non-hydrogen) atoms. The molecule has 2 aliphatic heterocycles. The first-order valence-corrected chi connectivity index (χ1v) is 10.6. The predicted octanol–water partition coefficient (Wildman–Crippen LogP) is 3.11. The summed E-state index contributed by atoms with van der Waals surface area (Å²) in [5.74, 6) is -3.21. The molecule has 0 bridgehead atoms. The summed E-state index contributed by atoms with van der Waals surface area (Å²) in [6, 6.07) is 9.74. The van der Waals surface area contributed by atoms with Crippen LogP contribution in [0.3, 0.4) is 0 Å². The number of aliphatic hydroxyl groups is 1. The zero-order valence-corrected chi connectivity index (χ0v) is 17.5. The maximum atomic E-state index is 14.7. The van der Waals surface area contributed by atoms with E-state index >= 15 is 0 Å². The molecule has 1 atom stereocenters. The van der Waals surface area contributed by atoms with Crippen molar-refractivity contribution in [3.05, 3.63) is 76.9 Å². The molecule has 8 heteroatoms. The van der Waals surface area contributed by atoms with Crippen molar-refractivity contribution in [1.82, 2.24) is 9.80 Å². The number of benzene rings is 2. The number of ketones is 1. The summed E-state index contributed by atoms with van der Waals surface area (Å²) >= 11 is 0. The van der Waals surface area contributed by atoms with Gasteiger partial charge in [-0.05, 0) is 36.8 Å². The maximum Gasteiger partial charge on any atom is 0.295 e. The molecule has 6 nitrogen and oxygen atoms in total. The van der Waals surface area contributed by atoms with Gasteiger partial charge in [-0.2, -0.15) is 0 Å². The van der Waals surface area contributed by atoms with Crippen molar-refractivity contribution in [3.8, 4) is 0 Å². The molecular weight excluding hydrogens is 418 g/mol. The SMILES string of the molecule is O=C1C(=O)N(CCCN2CCOCC2)[C@H](c2ccccc2F)/C1=C(\O)c1ccc(F)cc1. The predicted molar refractivity (Wildman–Crippen MR) is 114 cm³/mol. The number of halogens is 2. The number of hydrogen-bond donors (Lipinski definition) is 1. The minimum Gasteiger partial charge on any atom is -0.507 e. The number of amides is 1. The lowest BCUT2D eigenvalue weighted by Gasteiger charge is -2.29. The number of aliphatic hydroxyl groups excluding tert-OH is 1. The molecule has 2 aromatic rings. The van der Waals surface area contributed by atoms with Crippen LogP contribution in [0.25, 0.3) is 5.76 Å². The first-order chi connectivity index (χ1) is 15.5. The number of rotatable bonds is 6. The van der Waals surface area contributed by atoms with Gasteiger partial charge in [-0.25, -0.2) is 8.78 Å². The molecular formula is C24H24F2N2O4. The van der Waals surface area contributed by atoms with Crippen LogP contribution in [0.5, 0.6) is 0 Å². The van der Waals surface area contributed by atoms with Crippen LogP contribution in [0, 0.1) is 11.6 Å². The third kappa shape index (κ3) is 4.42. The Balaban J connectivity index is 1.68. The largest absolute Gasteiger partial charge is 0.507 e. The highest BCUT2D eigenvalue weighted by atomic mass is 19.1. The van der Waals surface area contributed by atoms with Crippen molar-refractivity contribution in [2.75, 3.05) is 39.4 Å². The van der Waals surface area contributed by atoms with Crippen molar-refractivity contribution in [1.29, 1.82) is 0 Å². The van der Waals surface area contributed by atoms with Gasteiger partial charge in [0.05, 0.1) is 24.8 Å². The summed E-state index contributed by atoms with van der Waals surface area (Å²) in [5.41, 5.74) is 0.110. The van der Waals surface area contributed by atoms with Crippen LogP contribution in [0.15, 0.2) is 54.1 Å². The van der Waals surface area contributed by atoms with Crippen LogP contribution in [-0.2, 0) is 14.3 Å². The first kappa shape index (κ1) is 22.1. The van der Waals surface area contributed by atoms with E-state index in [0.717, 1.165) is 25.2 Å². The van der Waals surface area contributed by atoms with Crippen LogP contribution in [0.4, 0.5) is 8.78 Å². The van der Waals surface area contributed by atoms with Crippen molar-refractivity contribution in [3.63, 3.8) is 0 Å². The lowest BCUT2D eigenvalue weighted by atomic mass is 9.95. The first-order valence-electron chi connectivity index (χ1n) is 10.6. The van der Waals surface area contributed by atoms with E-state index in [1.165, 1.54) is 35.2 Å². The smallest absolute Gasteiger partial charge is 0.295 e. The van der Waals surface area contributed by atoms with E-state index in [1.807, 2.05) is 0 Å². The number of carbonyl (C=O) groups excluding carboxylic acids is 2. The number of Topliss-reactive ketones (excluding diaryl/α,β-unsaturated/α-hetero) is 1. The molecule has 168 valence electrons. The summed E-state index contributed by atoms with van der Waals surface area (Å²) < 4.78 is 33.4. The Bertz CT molecular complexity index is 1030. The maximum absolute atomic E-state index is 14.7. The lowest BCUT2D eigenvalue weighted by molar-refractivity contribution is -0.140. The quantitative estimate of drug-likeness (QED) is 0.423. The van der Waals surface area contributed by atoms with Gasteiger partial charge in [0.1, 0.15) is 17.4 Å². The fourth-order valence-corrected chi connectivity index (χ4v) is 4.18. The molecule has 1 N–H and O–H groups in total. The molecule has 0 saturated carbocycles. The van der Waals surface area contributed by atoms with E-state index in [0.29, 0.717) is 26.2 Å². The van der Waals surface area contributed by atoms with Gasteiger partial charge in [-0.15, -0.1) is 0 Å². The normalized spacial score (nSPS) is 21.3. The van der Waals surface area contributed by atoms with Crippen molar-refractivity contribution in [2.24, 2.45) is 0 Å². The summed E-state index contributed by atoms with van der Waals surface area (Å²) in [5, 5.41) is 10.9. The summed E-state index contributed by atoms with van der Waals surface area (Å²) in [6.07, 6.45) is 0.578. The van der Waals surface area contributed by atoms with Gasteiger partial charge in [0.15, 0.2) is 0 Å². The van der Waals surface area contributed by atoms with Crippen LogP contribution < -0.4 is 0 Å². The molecule has 0 aliphatic carbocycles. The van der Waals surface area contributed by atoms with E-state index in [4.69, 9.17) is 4.74 Å². The zero-order chi connectivity index (χ0) is 22.7. The average molecular weight is 442 g/mol. The average Bonchev–Trinajstić information content (AvgIpc) is 3.05. The number of morpholine rings is 1. The number of carbonyl (C=O) groups is 2. The Kier molecular flexibility index (Phi) is 6.62. The second-order valence-corrected chi connectivity index (χ2v) is 7.83. The Morgan fingerprint density at radius 2 is 1.69 bits per heavy atom. The van der Waals surface area contributed by atoms with Crippen molar-refractivity contribution >= 4 is 17.4 Å². The summed E-state index contributed by atoms with van der Waals surface area (Å²) in [4.78, 5) is 29.3. The molecule has 1 amide bonds. The number of likely N-dealkylation sites (tertiary alicyclic amines) is 1. The number of hydrogen-bond acceptors (Lipinski definition) is 5. The molecule has 0 radical (unpaired) electrons. The Morgan fingerprint density at radius 3 is 2.38 bits per heavy atom. The molecule has 0 spiro atoms. The number of ether oxygens (including phenoxy) is 1. The van der Waals surface area contributed by atoms with Crippen molar-refractivity contribution in [2.45, 2.75) is 12.5 Å². The van der Waals surface area contributed by atoms with E-state index in [1.54, 1.807) is 6.07 Å². The second-order valence-electron chi connectivity index (χ2n) is 7.83. The molecule has 2 saturated heterocycles. The van der Waals surface area contributed by atoms with Gasteiger partial charge in [-0.1, -0.05) is 18.2 Å². The fraction of sp³-hybridized carbons (Fsp3) is 0.333. The highest BCUT2D eigenvalue weighted by Gasteiger charge is 2.46. The minimum absolute atomic E-state index is 0.127. The van der Waals surface area contributed by atoms with Crippen LogP contribution >= 0.6 is 0 Å². The molecule has 4 rings (SSSR count). The molecule has 2 fully saturated rings. The van der Waals surface area contributed by atoms with E-state index in [9.17, 15) is 23.5 Å². The van der Waals surface area contributed by atoms with Crippen LogP contribution in [0.2, 0.25) is 0 Å². The van der Waals surface area contributed by atoms with Gasteiger partial charge >= 0.3 is 0 Å². The number of nitrogens with zero attached hydrogens (tertiary/aromatic N) is 2. The van der Waals surface area contributed by atoms with Crippen LogP contribution in [-0.4, -0.2) is 66.0 Å². The van der Waals surface area contributed by atoms with Gasteiger partial charge in [0, 0.05) is 37.3 Å². The summed E-state index contributed by atoms with van der Waals surface area (Å²) in [7, 11) is 0. The monoisotopic (exact) mass is 442 g/mol. The molecule has 2 aromatic carbocycles. The highest BCUT2D eigenvalue weighted by Crippen LogP contribution is 2.40. The fourth-order valence-electron chi connectivity index (χ4n) is 4.18. The molecule has 2 heterocycles. The molecule has 0 aromatic heterocycles. The van der Waals surface area contributed by atoms with Gasteiger partial charge in [-0.3, -0.25) is 14.5 Å². The molecule has 0 unspecified atom stereocenters. The van der Waals surface area contributed by atoms with Gasteiger partial charge in [0.2, 0.25) is 0 Å². The Hall–Kier alpha value is -3.10. The van der Waals surface area contributed by atoms with Crippen molar-refractivity contribution < 1.29 is 28.2 Å². The lowest BCUT2D eigenvalue weighted by Crippen LogP contribution is -2.39. The second kappa shape index (κ2) is 9.58. The van der Waals surface area contributed by atoms with Crippen LogP contribution in [0.1, 0.15) is 23.6 Å². The van der Waals surface area contributed by atoms with E-state index < -0.39 is 35.1 Å². The Morgan fingerprint density at radius 1 is 1.00 bits per heavy atom. The van der Waals surface area contributed by atoms with Gasteiger partial charge < -0.3 is 14.7 Å².